The molecule has 110 valence electrons. The summed E-state index contributed by atoms with van der Waals surface area (Å²) in [5, 5.41) is 4.11. The molecule has 0 radical (unpaired) electrons. The van der Waals surface area contributed by atoms with Crippen molar-refractivity contribution in [2.45, 2.75) is 0 Å². The van der Waals surface area contributed by atoms with Crippen molar-refractivity contribution in [3.8, 4) is 11.5 Å². The largest absolute Gasteiger partial charge is 0.486 e. The molecule has 0 spiro atoms. The van der Waals surface area contributed by atoms with Gasteiger partial charge in [0.15, 0.2) is 17.3 Å². The van der Waals surface area contributed by atoms with E-state index in [2.05, 4.69) is 10.0 Å². The Morgan fingerprint density at radius 2 is 1.77 bits per heavy atom. The number of azide groups is 1. The van der Waals surface area contributed by atoms with Gasteiger partial charge in [-0.3, -0.25) is 4.79 Å². The maximum Gasteiger partial charge on any atom is 0.193 e. The molecule has 2 aromatic carbocycles. The van der Waals surface area contributed by atoms with Gasteiger partial charge in [-0.2, -0.15) is 0 Å². The minimum Gasteiger partial charge on any atom is -0.486 e. The fraction of sp³-hybridized carbons (Fsp3) is 0.133. The summed E-state index contributed by atoms with van der Waals surface area (Å²) in [6.45, 7) is 0.815. The molecule has 0 unspecified atom stereocenters. The van der Waals surface area contributed by atoms with Gasteiger partial charge in [-0.15, -0.1) is 0 Å². The molecule has 0 saturated heterocycles. The molecule has 0 atom stereocenters. The summed E-state index contributed by atoms with van der Waals surface area (Å²) in [5.74, 6) is 0.637. The number of ether oxygens (including phenoxy) is 2. The standard InChI is InChI=1S/C15H10ClN3O3/c16-10-3-1-9(2-4-10)15(20)11-7-13-14(22-6-5-21-13)8-12(11)18-19-17/h1-4,7-8H,5-6H2. The van der Waals surface area contributed by atoms with Crippen molar-refractivity contribution >= 4 is 23.1 Å². The lowest BCUT2D eigenvalue weighted by Gasteiger charge is -2.19. The van der Waals surface area contributed by atoms with Crippen LogP contribution in [-0.2, 0) is 0 Å². The minimum absolute atomic E-state index is 0.201. The third-order valence-electron chi connectivity index (χ3n) is 3.16. The molecule has 7 heteroatoms. The average molecular weight is 316 g/mol. The summed E-state index contributed by atoms with van der Waals surface area (Å²) >= 11 is 5.82. The van der Waals surface area contributed by atoms with Gasteiger partial charge in [0.25, 0.3) is 0 Å². The van der Waals surface area contributed by atoms with E-state index in [0.29, 0.717) is 35.3 Å². The van der Waals surface area contributed by atoms with Crippen molar-refractivity contribution in [2.75, 3.05) is 13.2 Å². The molecule has 1 heterocycles. The highest BCUT2D eigenvalue weighted by atomic mass is 35.5. The van der Waals surface area contributed by atoms with Crippen LogP contribution < -0.4 is 9.47 Å². The molecule has 6 nitrogen and oxygen atoms in total. The van der Waals surface area contributed by atoms with Crippen LogP contribution in [0.5, 0.6) is 11.5 Å². The van der Waals surface area contributed by atoms with Crippen LogP contribution in [0.4, 0.5) is 5.69 Å². The number of halogens is 1. The molecule has 1 aliphatic rings. The SMILES string of the molecule is [N-]=[N+]=Nc1cc2c(cc1C(=O)c1ccc(Cl)cc1)OCCO2. The van der Waals surface area contributed by atoms with Crippen LogP contribution in [0.25, 0.3) is 10.4 Å². The zero-order valence-electron chi connectivity index (χ0n) is 11.3. The second-order valence-corrected chi connectivity index (χ2v) is 4.97. The fourth-order valence-electron chi connectivity index (χ4n) is 2.15. The van der Waals surface area contributed by atoms with Crippen LogP contribution >= 0.6 is 11.6 Å². The van der Waals surface area contributed by atoms with Crippen LogP contribution in [-0.4, -0.2) is 19.0 Å². The van der Waals surface area contributed by atoms with Crippen LogP contribution in [0.2, 0.25) is 5.02 Å². The lowest BCUT2D eigenvalue weighted by Crippen LogP contribution is -2.16. The van der Waals surface area contributed by atoms with E-state index in [1.807, 2.05) is 0 Å². The van der Waals surface area contributed by atoms with Gasteiger partial charge in [-0.1, -0.05) is 16.7 Å². The molecule has 22 heavy (non-hydrogen) atoms. The summed E-state index contributed by atoms with van der Waals surface area (Å²) in [6.07, 6.45) is 0. The number of nitrogens with zero attached hydrogens (tertiary/aromatic N) is 3. The quantitative estimate of drug-likeness (QED) is 0.366. The third kappa shape index (κ3) is 2.70. The number of fused-ring (bicyclic) bond motifs is 1. The summed E-state index contributed by atoms with van der Waals surface area (Å²) in [6, 6.07) is 9.52. The Morgan fingerprint density at radius 3 is 2.41 bits per heavy atom. The normalized spacial score (nSPS) is 12.4. The first-order valence-electron chi connectivity index (χ1n) is 6.48. The van der Waals surface area contributed by atoms with Crippen LogP contribution in [0.1, 0.15) is 15.9 Å². The van der Waals surface area contributed by atoms with Crippen molar-refractivity contribution in [3.05, 3.63) is 63.0 Å². The number of hydrogen-bond acceptors (Lipinski definition) is 4. The molecular formula is C15H10ClN3O3. The Labute approximate surface area is 130 Å². The van der Waals surface area contributed by atoms with E-state index in [-0.39, 0.29) is 17.0 Å². The lowest BCUT2D eigenvalue weighted by atomic mass is 10.0. The van der Waals surface area contributed by atoms with Gasteiger partial charge in [0.1, 0.15) is 13.2 Å². The molecule has 0 N–H and O–H groups in total. The van der Waals surface area contributed by atoms with E-state index >= 15 is 0 Å². The van der Waals surface area contributed by atoms with Gasteiger partial charge < -0.3 is 9.47 Å². The highest BCUT2D eigenvalue weighted by molar-refractivity contribution is 6.30. The van der Waals surface area contributed by atoms with Gasteiger partial charge in [0.05, 0.1) is 5.69 Å². The van der Waals surface area contributed by atoms with Gasteiger partial charge in [-0.25, -0.2) is 0 Å². The monoisotopic (exact) mass is 315 g/mol. The molecular weight excluding hydrogens is 306 g/mol. The summed E-state index contributed by atoms with van der Waals surface area (Å²) in [7, 11) is 0. The third-order valence-corrected chi connectivity index (χ3v) is 3.42. The van der Waals surface area contributed by atoms with E-state index in [1.165, 1.54) is 12.1 Å². The molecule has 1 aliphatic heterocycles. The van der Waals surface area contributed by atoms with Crippen molar-refractivity contribution in [1.82, 2.24) is 0 Å². The highest BCUT2D eigenvalue weighted by Gasteiger charge is 2.20. The van der Waals surface area contributed by atoms with Gasteiger partial charge in [-0.05, 0) is 41.9 Å². The van der Waals surface area contributed by atoms with Crippen LogP contribution in [0.3, 0.4) is 0 Å². The van der Waals surface area contributed by atoms with Gasteiger partial charge >= 0.3 is 0 Å². The molecule has 0 aliphatic carbocycles. The van der Waals surface area contributed by atoms with Gasteiger partial charge in [0, 0.05) is 21.1 Å². The molecule has 0 amide bonds. The van der Waals surface area contributed by atoms with Crippen molar-refractivity contribution in [1.29, 1.82) is 0 Å². The zero-order valence-corrected chi connectivity index (χ0v) is 12.1. The Balaban J connectivity index is 2.09. The van der Waals surface area contributed by atoms with E-state index in [1.54, 1.807) is 24.3 Å². The van der Waals surface area contributed by atoms with Gasteiger partial charge in [0.2, 0.25) is 0 Å². The fourth-order valence-corrected chi connectivity index (χ4v) is 2.27. The van der Waals surface area contributed by atoms with Crippen molar-refractivity contribution in [3.63, 3.8) is 0 Å². The number of hydrogen-bond donors (Lipinski definition) is 0. The second-order valence-electron chi connectivity index (χ2n) is 4.54. The molecule has 0 bridgehead atoms. The van der Waals surface area contributed by atoms with E-state index < -0.39 is 0 Å². The molecule has 3 rings (SSSR count). The molecule has 0 saturated carbocycles. The summed E-state index contributed by atoms with van der Waals surface area (Å²) < 4.78 is 10.9. The van der Waals surface area contributed by atoms with E-state index in [9.17, 15) is 4.79 Å². The first kappa shape index (κ1) is 14.3. The average Bonchev–Trinajstić information content (AvgIpc) is 2.54. The first-order valence-corrected chi connectivity index (χ1v) is 6.86. The summed E-state index contributed by atoms with van der Waals surface area (Å²) in [5.41, 5.74) is 9.59. The van der Waals surface area contributed by atoms with Crippen LogP contribution in [0, 0.1) is 0 Å². The molecule has 0 fully saturated rings. The predicted molar refractivity (Wildman–Crippen MR) is 81.1 cm³/mol. The maximum absolute atomic E-state index is 12.6. The van der Waals surface area contributed by atoms with E-state index in [4.69, 9.17) is 26.6 Å². The Bertz CT molecular complexity index is 783. The minimum atomic E-state index is -0.281. The zero-order chi connectivity index (χ0) is 15.5. The topological polar surface area (TPSA) is 84.3 Å². The van der Waals surface area contributed by atoms with E-state index in [0.717, 1.165) is 0 Å². The van der Waals surface area contributed by atoms with Crippen molar-refractivity contribution in [2.24, 2.45) is 5.11 Å². The number of carbonyl (C=O) groups is 1. The molecule has 0 aromatic heterocycles. The number of carbonyl (C=O) groups excluding carboxylic acids is 1. The maximum atomic E-state index is 12.6. The summed E-state index contributed by atoms with van der Waals surface area (Å²) in [4.78, 5) is 15.4. The smallest absolute Gasteiger partial charge is 0.193 e. The molecule has 2 aromatic rings. The van der Waals surface area contributed by atoms with Crippen molar-refractivity contribution < 1.29 is 14.3 Å². The second kappa shape index (κ2) is 5.97. The van der Waals surface area contributed by atoms with Crippen LogP contribution in [0.15, 0.2) is 41.5 Å². The lowest BCUT2D eigenvalue weighted by molar-refractivity contribution is 0.103. The predicted octanol–water partition coefficient (Wildman–Crippen LogP) is 4.28. The first-order chi connectivity index (χ1) is 10.7. The number of benzene rings is 2. The number of ketones is 1. The number of rotatable bonds is 3. The highest BCUT2D eigenvalue weighted by Crippen LogP contribution is 2.38. The Kier molecular flexibility index (Phi) is 3.87. The Hall–Kier alpha value is -2.69. The Morgan fingerprint density at radius 1 is 1.14 bits per heavy atom.